The molecule has 1 aliphatic heterocycles. The monoisotopic (exact) mass is 368 g/mol. The third kappa shape index (κ3) is 3.38. The number of halogens is 1. The first-order valence-corrected chi connectivity index (χ1v) is 9.01. The van der Waals surface area contributed by atoms with E-state index in [0.29, 0.717) is 5.82 Å². The molecule has 3 aromatic rings. The number of piperazine rings is 1. The highest BCUT2D eigenvalue weighted by Crippen LogP contribution is 2.31. The number of rotatable bonds is 3. The average molecular weight is 369 g/mol. The van der Waals surface area contributed by atoms with Crippen LogP contribution in [0.15, 0.2) is 42.5 Å². The van der Waals surface area contributed by atoms with Crippen LogP contribution in [0.3, 0.4) is 0 Å². The smallest absolute Gasteiger partial charge is 0.222 e. The first-order valence-electron chi connectivity index (χ1n) is 8.63. The van der Waals surface area contributed by atoms with Gasteiger partial charge in [-0.25, -0.2) is 4.98 Å². The van der Waals surface area contributed by atoms with Crippen LogP contribution in [-0.4, -0.2) is 41.0 Å². The number of nitrogens with zero attached hydrogens (tertiary/aromatic N) is 4. The van der Waals surface area contributed by atoms with E-state index in [4.69, 9.17) is 23.1 Å². The van der Waals surface area contributed by atoms with Gasteiger partial charge in [-0.15, -0.1) is 0 Å². The van der Waals surface area contributed by atoms with Gasteiger partial charge >= 0.3 is 0 Å². The number of nitrogen functional groups attached to an aromatic ring is 2. The summed E-state index contributed by atoms with van der Waals surface area (Å²) in [7, 11) is 0. The van der Waals surface area contributed by atoms with Crippen molar-refractivity contribution in [1.29, 1.82) is 0 Å². The SMILES string of the molecule is Nc1nc(N)c2c(N3CCN(Cc4cccc(Cl)c4)CC3)cccc2n1. The Morgan fingerprint density at radius 2 is 1.73 bits per heavy atom. The van der Waals surface area contributed by atoms with E-state index in [0.717, 1.165) is 54.3 Å². The molecule has 7 heteroatoms. The van der Waals surface area contributed by atoms with E-state index in [1.54, 1.807) is 0 Å². The largest absolute Gasteiger partial charge is 0.383 e. The summed E-state index contributed by atoms with van der Waals surface area (Å²) < 4.78 is 0. The van der Waals surface area contributed by atoms with Crippen LogP contribution in [-0.2, 0) is 6.54 Å². The van der Waals surface area contributed by atoms with E-state index < -0.39 is 0 Å². The summed E-state index contributed by atoms with van der Waals surface area (Å²) in [6.07, 6.45) is 0. The third-order valence-electron chi connectivity index (χ3n) is 4.75. The molecule has 6 nitrogen and oxygen atoms in total. The molecule has 0 radical (unpaired) electrons. The standard InChI is InChI=1S/C19H21ClN6/c20-14-4-1-3-13(11-14)12-25-7-9-26(10-8-25)16-6-2-5-15-17(16)18(21)24-19(22)23-15/h1-6,11H,7-10,12H2,(H4,21,22,23,24). The molecule has 0 spiro atoms. The molecule has 0 saturated carbocycles. The first-order chi connectivity index (χ1) is 12.6. The molecular formula is C19H21ClN6. The zero-order valence-corrected chi connectivity index (χ0v) is 15.2. The summed E-state index contributed by atoms with van der Waals surface area (Å²) >= 11 is 6.09. The number of nitrogens with two attached hydrogens (primary N) is 2. The Bertz CT molecular complexity index is 936. The Hall–Kier alpha value is -2.57. The van der Waals surface area contributed by atoms with Crippen LogP contribution in [0.1, 0.15) is 5.56 Å². The molecule has 0 unspecified atom stereocenters. The van der Waals surface area contributed by atoms with Gasteiger partial charge in [-0.05, 0) is 29.8 Å². The molecule has 1 saturated heterocycles. The number of anilines is 3. The third-order valence-corrected chi connectivity index (χ3v) is 4.99. The minimum Gasteiger partial charge on any atom is -0.383 e. The van der Waals surface area contributed by atoms with Gasteiger partial charge in [-0.2, -0.15) is 4.98 Å². The molecular weight excluding hydrogens is 348 g/mol. The second-order valence-electron chi connectivity index (χ2n) is 6.53. The fourth-order valence-electron chi connectivity index (χ4n) is 3.52. The molecule has 1 aliphatic rings. The lowest BCUT2D eigenvalue weighted by Crippen LogP contribution is -2.46. The van der Waals surface area contributed by atoms with E-state index in [-0.39, 0.29) is 5.95 Å². The quantitative estimate of drug-likeness (QED) is 0.739. The van der Waals surface area contributed by atoms with Crippen LogP contribution in [0.4, 0.5) is 17.5 Å². The Labute approximate surface area is 157 Å². The van der Waals surface area contributed by atoms with Crippen LogP contribution in [0.5, 0.6) is 0 Å². The topological polar surface area (TPSA) is 84.3 Å². The van der Waals surface area contributed by atoms with Gasteiger partial charge in [0, 0.05) is 43.4 Å². The molecule has 0 bridgehead atoms. The van der Waals surface area contributed by atoms with Gasteiger partial charge in [0.2, 0.25) is 5.95 Å². The van der Waals surface area contributed by atoms with Crippen molar-refractivity contribution in [3.05, 3.63) is 53.1 Å². The molecule has 0 atom stereocenters. The minimum atomic E-state index is 0.207. The Morgan fingerprint density at radius 3 is 2.50 bits per heavy atom. The van der Waals surface area contributed by atoms with E-state index >= 15 is 0 Å². The average Bonchev–Trinajstić information content (AvgIpc) is 2.61. The maximum atomic E-state index is 6.13. The second-order valence-corrected chi connectivity index (χ2v) is 6.97. The maximum Gasteiger partial charge on any atom is 0.222 e. The number of hydrogen-bond donors (Lipinski definition) is 2. The van der Waals surface area contributed by atoms with Gasteiger partial charge in [-0.3, -0.25) is 4.90 Å². The van der Waals surface area contributed by atoms with Crippen LogP contribution in [0.2, 0.25) is 5.02 Å². The molecule has 0 amide bonds. The number of benzene rings is 2. The van der Waals surface area contributed by atoms with Crippen molar-refractivity contribution in [2.45, 2.75) is 6.54 Å². The number of hydrogen-bond acceptors (Lipinski definition) is 6. The molecule has 4 rings (SSSR count). The molecule has 26 heavy (non-hydrogen) atoms. The van der Waals surface area contributed by atoms with Crippen molar-refractivity contribution in [2.24, 2.45) is 0 Å². The predicted molar refractivity (Wildman–Crippen MR) is 107 cm³/mol. The molecule has 2 heterocycles. The van der Waals surface area contributed by atoms with E-state index in [1.165, 1.54) is 5.56 Å². The highest BCUT2D eigenvalue weighted by Gasteiger charge is 2.20. The summed E-state index contributed by atoms with van der Waals surface area (Å²) in [5.41, 5.74) is 14.9. The zero-order valence-electron chi connectivity index (χ0n) is 14.4. The molecule has 4 N–H and O–H groups in total. The summed E-state index contributed by atoms with van der Waals surface area (Å²) in [6.45, 7) is 4.69. The lowest BCUT2D eigenvalue weighted by atomic mass is 10.1. The van der Waals surface area contributed by atoms with Crippen molar-refractivity contribution < 1.29 is 0 Å². The van der Waals surface area contributed by atoms with Crippen molar-refractivity contribution >= 4 is 40.0 Å². The maximum absolute atomic E-state index is 6.13. The highest BCUT2D eigenvalue weighted by molar-refractivity contribution is 6.30. The van der Waals surface area contributed by atoms with Gasteiger partial charge < -0.3 is 16.4 Å². The fraction of sp³-hybridized carbons (Fsp3) is 0.263. The van der Waals surface area contributed by atoms with E-state index in [1.807, 2.05) is 30.3 Å². The summed E-state index contributed by atoms with van der Waals surface area (Å²) in [4.78, 5) is 13.2. The summed E-state index contributed by atoms with van der Waals surface area (Å²) in [5.74, 6) is 0.642. The lowest BCUT2D eigenvalue weighted by Gasteiger charge is -2.36. The van der Waals surface area contributed by atoms with Crippen molar-refractivity contribution in [3.63, 3.8) is 0 Å². The van der Waals surface area contributed by atoms with E-state index in [2.05, 4.69) is 31.9 Å². The highest BCUT2D eigenvalue weighted by atomic mass is 35.5. The van der Waals surface area contributed by atoms with Crippen LogP contribution < -0.4 is 16.4 Å². The first kappa shape index (κ1) is 16.9. The predicted octanol–water partition coefficient (Wildman–Crippen LogP) is 2.77. The van der Waals surface area contributed by atoms with Gasteiger partial charge in [-0.1, -0.05) is 29.8 Å². The zero-order chi connectivity index (χ0) is 18.1. The van der Waals surface area contributed by atoms with Gasteiger partial charge in [0.1, 0.15) is 5.82 Å². The fourth-order valence-corrected chi connectivity index (χ4v) is 3.73. The van der Waals surface area contributed by atoms with Crippen LogP contribution in [0, 0.1) is 0 Å². The van der Waals surface area contributed by atoms with Gasteiger partial charge in [0.15, 0.2) is 0 Å². The molecule has 0 aliphatic carbocycles. The summed E-state index contributed by atoms with van der Waals surface area (Å²) in [6, 6.07) is 14.0. The minimum absolute atomic E-state index is 0.207. The number of aromatic nitrogens is 2. The van der Waals surface area contributed by atoms with Crippen LogP contribution >= 0.6 is 11.6 Å². The molecule has 134 valence electrons. The molecule has 1 aromatic heterocycles. The molecule has 1 fully saturated rings. The normalized spacial score (nSPS) is 15.5. The summed E-state index contributed by atoms with van der Waals surface area (Å²) in [5, 5.41) is 1.66. The van der Waals surface area contributed by atoms with Crippen LogP contribution in [0.25, 0.3) is 10.9 Å². The second kappa shape index (κ2) is 6.97. The van der Waals surface area contributed by atoms with Crippen molar-refractivity contribution in [1.82, 2.24) is 14.9 Å². The Kier molecular flexibility index (Phi) is 4.53. The Balaban J connectivity index is 1.51. The Morgan fingerprint density at radius 1 is 0.962 bits per heavy atom. The van der Waals surface area contributed by atoms with Crippen molar-refractivity contribution in [2.75, 3.05) is 42.5 Å². The van der Waals surface area contributed by atoms with E-state index in [9.17, 15) is 0 Å². The van der Waals surface area contributed by atoms with Crippen molar-refractivity contribution in [3.8, 4) is 0 Å². The molecule has 2 aromatic carbocycles. The van der Waals surface area contributed by atoms with Gasteiger partial charge in [0.25, 0.3) is 0 Å². The van der Waals surface area contributed by atoms with Gasteiger partial charge in [0.05, 0.1) is 10.9 Å². The number of fused-ring (bicyclic) bond motifs is 1. The lowest BCUT2D eigenvalue weighted by molar-refractivity contribution is 0.250.